The number of halogens is 1. The molecule has 37 heavy (non-hydrogen) atoms. The highest BCUT2D eigenvalue weighted by molar-refractivity contribution is 9.10. The van der Waals surface area contributed by atoms with Crippen LogP contribution in [0.2, 0.25) is 0 Å². The monoisotopic (exact) mass is 564 g/mol. The number of hydrogen-bond donors (Lipinski definition) is 1. The van der Waals surface area contributed by atoms with Gasteiger partial charge in [0.1, 0.15) is 12.2 Å². The Morgan fingerprint density at radius 1 is 0.946 bits per heavy atom. The third-order valence-corrected chi connectivity index (χ3v) is 6.13. The lowest BCUT2D eigenvalue weighted by atomic mass is 10.1. The molecule has 0 unspecified atom stereocenters. The second-order valence-corrected chi connectivity index (χ2v) is 8.97. The minimum atomic E-state index is -0.849. The largest absolute Gasteiger partial charge is 0.490 e. The van der Waals surface area contributed by atoms with Gasteiger partial charge >= 0.3 is 6.03 Å². The van der Waals surface area contributed by atoms with Crippen molar-refractivity contribution in [3.8, 4) is 23.0 Å². The number of ether oxygens (including phenoxy) is 4. The van der Waals surface area contributed by atoms with Gasteiger partial charge in [0.05, 0.1) is 12.3 Å². The molecule has 2 aliphatic heterocycles. The van der Waals surface area contributed by atoms with Crippen LogP contribution in [-0.2, 0) is 16.2 Å². The minimum absolute atomic E-state index is 0.0492. The number of nitrogens with zero attached hydrogens (tertiary/aromatic N) is 1. The molecule has 9 nitrogen and oxygen atoms in total. The third kappa shape index (κ3) is 5.14. The summed E-state index contributed by atoms with van der Waals surface area (Å²) in [4.78, 5) is 39.3. The van der Waals surface area contributed by atoms with Crippen molar-refractivity contribution in [3.63, 3.8) is 0 Å². The molecule has 1 fully saturated rings. The molecule has 1 saturated heterocycles. The molecule has 10 heteroatoms. The van der Waals surface area contributed by atoms with Crippen molar-refractivity contribution in [3.05, 3.63) is 81.8 Å². The predicted molar refractivity (Wildman–Crippen MR) is 138 cm³/mol. The van der Waals surface area contributed by atoms with Crippen molar-refractivity contribution >= 4 is 45.5 Å². The van der Waals surface area contributed by atoms with Crippen LogP contribution in [0.15, 0.2) is 70.7 Å². The zero-order valence-electron chi connectivity index (χ0n) is 19.7. The van der Waals surface area contributed by atoms with Crippen molar-refractivity contribution in [1.82, 2.24) is 5.32 Å². The predicted octanol–water partition coefficient (Wildman–Crippen LogP) is 4.82. The van der Waals surface area contributed by atoms with Crippen molar-refractivity contribution in [2.45, 2.75) is 13.5 Å². The van der Waals surface area contributed by atoms with Crippen LogP contribution in [0.3, 0.4) is 0 Å². The summed E-state index contributed by atoms with van der Waals surface area (Å²) in [5, 5.41) is 2.22. The third-order valence-electron chi connectivity index (χ3n) is 5.60. The number of barbiturate groups is 1. The van der Waals surface area contributed by atoms with Gasteiger partial charge in [-0.3, -0.25) is 14.9 Å². The molecule has 0 aliphatic carbocycles. The lowest BCUT2D eigenvalue weighted by Gasteiger charge is -2.26. The molecule has 0 atom stereocenters. The quantitative estimate of drug-likeness (QED) is 0.324. The average Bonchev–Trinajstić information content (AvgIpc) is 3.35. The van der Waals surface area contributed by atoms with E-state index < -0.39 is 17.8 Å². The number of hydrogen-bond acceptors (Lipinski definition) is 7. The van der Waals surface area contributed by atoms with Crippen LogP contribution in [0.1, 0.15) is 18.1 Å². The summed E-state index contributed by atoms with van der Waals surface area (Å²) in [6.07, 6.45) is 1.41. The van der Waals surface area contributed by atoms with Crippen LogP contribution < -0.4 is 29.2 Å². The summed E-state index contributed by atoms with van der Waals surface area (Å²) >= 11 is 3.41. The fourth-order valence-electron chi connectivity index (χ4n) is 3.83. The molecule has 4 amide bonds. The zero-order chi connectivity index (χ0) is 25.9. The van der Waals surface area contributed by atoms with Gasteiger partial charge in [-0.05, 0) is 60.5 Å². The molecular formula is C27H21BrN2O7. The van der Waals surface area contributed by atoms with Gasteiger partial charge in [0.15, 0.2) is 23.0 Å². The van der Waals surface area contributed by atoms with Crippen molar-refractivity contribution in [2.75, 3.05) is 18.3 Å². The lowest BCUT2D eigenvalue weighted by Crippen LogP contribution is -2.54. The highest BCUT2D eigenvalue weighted by Gasteiger charge is 2.37. The van der Waals surface area contributed by atoms with Crippen LogP contribution >= 0.6 is 15.9 Å². The topological polar surface area (TPSA) is 103 Å². The Labute approximate surface area is 220 Å². The van der Waals surface area contributed by atoms with E-state index in [0.29, 0.717) is 41.8 Å². The Hall–Kier alpha value is -4.31. The Kier molecular flexibility index (Phi) is 6.82. The van der Waals surface area contributed by atoms with E-state index in [4.69, 9.17) is 18.9 Å². The van der Waals surface area contributed by atoms with Gasteiger partial charge in [0.25, 0.3) is 11.8 Å². The number of imide groups is 2. The standard InChI is InChI=1S/C27H21BrN2O7/c1-2-34-23-12-17(5-9-21(23)35-14-16-3-6-18(28)7-4-16)11-20-25(31)29-27(33)30(26(20)32)19-8-10-22-24(13-19)37-15-36-22/h3-13H,2,14-15H2,1H3,(H,29,31,33)/b20-11+. The first kappa shape index (κ1) is 24.4. The van der Waals surface area contributed by atoms with Crippen molar-refractivity contribution in [2.24, 2.45) is 0 Å². The Balaban J connectivity index is 1.41. The fourth-order valence-corrected chi connectivity index (χ4v) is 4.09. The first-order valence-electron chi connectivity index (χ1n) is 11.4. The molecule has 0 saturated carbocycles. The van der Waals surface area contributed by atoms with Gasteiger partial charge in [-0.25, -0.2) is 9.69 Å². The normalized spacial score (nSPS) is 15.7. The van der Waals surface area contributed by atoms with E-state index in [1.165, 1.54) is 12.1 Å². The molecule has 188 valence electrons. The summed E-state index contributed by atoms with van der Waals surface area (Å²) < 4.78 is 23.3. The average molecular weight is 565 g/mol. The van der Waals surface area contributed by atoms with Crippen molar-refractivity contribution in [1.29, 1.82) is 0 Å². The number of carbonyl (C=O) groups excluding carboxylic acids is 3. The summed E-state index contributed by atoms with van der Waals surface area (Å²) in [6, 6.07) is 16.7. The molecule has 2 aliphatic rings. The molecule has 0 spiro atoms. The molecule has 3 aromatic carbocycles. The maximum atomic E-state index is 13.3. The molecule has 5 rings (SSSR count). The first-order chi connectivity index (χ1) is 17.9. The van der Waals surface area contributed by atoms with E-state index >= 15 is 0 Å². The number of benzene rings is 3. The van der Waals surface area contributed by atoms with Crippen LogP contribution in [0.4, 0.5) is 10.5 Å². The number of amides is 4. The summed E-state index contributed by atoms with van der Waals surface area (Å²) in [7, 11) is 0. The van der Waals surface area contributed by atoms with Crippen LogP contribution in [0.5, 0.6) is 23.0 Å². The number of nitrogens with one attached hydrogen (secondary N) is 1. The second-order valence-electron chi connectivity index (χ2n) is 8.05. The fraction of sp³-hybridized carbons (Fsp3) is 0.148. The Morgan fingerprint density at radius 3 is 2.51 bits per heavy atom. The van der Waals surface area contributed by atoms with Crippen LogP contribution in [-0.4, -0.2) is 31.2 Å². The lowest BCUT2D eigenvalue weighted by molar-refractivity contribution is -0.122. The van der Waals surface area contributed by atoms with Gasteiger partial charge in [0.2, 0.25) is 6.79 Å². The number of urea groups is 1. The van der Waals surface area contributed by atoms with Gasteiger partial charge in [-0.2, -0.15) is 0 Å². The Morgan fingerprint density at radius 2 is 1.73 bits per heavy atom. The van der Waals surface area contributed by atoms with E-state index in [1.54, 1.807) is 30.3 Å². The molecular weight excluding hydrogens is 544 g/mol. The SMILES string of the molecule is CCOc1cc(/C=C2\C(=O)NC(=O)N(c3ccc4c(c3)OCO4)C2=O)ccc1OCc1ccc(Br)cc1. The zero-order valence-corrected chi connectivity index (χ0v) is 21.2. The van der Waals surface area contributed by atoms with Gasteiger partial charge in [0, 0.05) is 10.5 Å². The molecule has 0 bridgehead atoms. The van der Waals surface area contributed by atoms with Gasteiger partial charge in [-0.1, -0.05) is 34.1 Å². The van der Waals surface area contributed by atoms with E-state index in [0.717, 1.165) is 14.9 Å². The Bertz CT molecular complexity index is 1420. The smallest absolute Gasteiger partial charge is 0.335 e. The molecule has 0 aromatic heterocycles. The summed E-state index contributed by atoms with van der Waals surface area (Å²) in [6.45, 7) is 2.62. The van der Waals surface area contributed by atoms with Gasteiger partial charge < -0.3 is 18.9 Å². The highest BCUT2D eigenvalue weighted by Crippen LogP contribution is 2.36. The van der Waals surface area contributed by atoms with E-state index in [9.17, 15) is 14.4 Å². The van der Waals surface area contributed by atoms with Crippen LogP contribution in [0.25, 0.3) is 6.08 Å². The molecule has 1 N–H and O–H groups in total. The van der Waals surface area contributed by atoms with Crippen LogP contribution in [0, 0.1) is 0 Å². The summed E-state index contributed by atoms with van der Waals surface area (Å²) in [5.41, 5.74) is 1.55. The van der Waals surface area contributed by atoms with Crippen molar-refractivity contribution < 1.29 is 33.3 Å². The van der Waals surface area contributed by atoms with E-state index in [-0.39, 0.29) is 18.1 Å². The molecule has 0 radical (unpaired) electrons. The van der Waals surface area contributed by atoms with E-state index in [2.05, 4.69) is 21.2 Å². The summed E-state index contributed by atoms with van der Waals surface area (Å²) in [5.74, 6) is 0.332. The maximum absolute atomic E-state index is 13.3. The number of anilines is 1. The minimum Gasteiger partial charge on any atom is -0.490 e. The highest BCUT2D eigenvalue weighted by atomic mass is 79.9. The molecule has 2 heterocycles. The molecule has 3 aromatic rings. The first-order valence-corrected chi connectivity index (χ1v) is 12.2. The maximum Gasteiger partial charge on any atom is 0.335 e. The second kappa shape index (κ2) is 10.4. The number of fused-ring (bicyclic) bond motifs is 1. The van der Waals surface area contributed by atoms with Gasteiger partial charge in [-0.15, -0.1) is 0 Å². The number of carbonyl (C=O) groups is 3. The number of rotatable bonds is 7. The van der Waals surface area contributed by atoms with E-state index in [1.807, 2.05) is 31.2 Å².